The van der Waals surface area contributed by atoms with E-state index in [1.165, 1.54) is 18.2 Å². The van der Waals surface area contributed by atoms with Crippen LogP contribution in [0.5, 0.6) is 0 Å². The summed E-state index contributed by atoms with van der Waals surface area (Å²) in [6, 6.07) is 7.32. The SMILES string of the molecule is NC(=O)c1ccc(F)cc1-c1cccnc1. The van der Waals surface area contributed by atoms with E-state index in [-0.39, 0.29) is 5.56 Å². The quantitative estimate of drug-likeness (QED) is 0.834. The minimum absolute atomic E-state index is 0.286. The molecule has 0 spiro atoms. The number of benzene rings is 1. The Hall–Kier alpha value is -2.23. The molecule has 80 valence electrons. The molecule has 0 saturated carbocycles. The van der Waals surface area contributed by atoms with E-state index in [4.69, 9.17) is 5.73 Å². The summed E-state index contributed by atoms with van der Waals surface area (Å²) in [4.78, 5) is 15.1. The second-order valence-corrected chi connectivity index (χ2v) is 3.30. The van der Waals surface area contributed by atoms with Gasteiger partial charge in [-0.2, -0.15) is 0 Å². The Bertz CT molecular complexity index is 526. The molecule has 1 amide bonds. The molecule has 1 heterocycles. The molecule has 0 atom stereocenters. The molecule has 0 saturated heterocycles. The maximum atomic E-state index is 13.1. The molecule has 1 aromatic heterocycles. The van der Waals surface area contributed by atoms with Crippen molar-refractivity contribution in [2.75, 3.05) is 0 Å². The topological polar surface area (TPSA) is 56.0 Å². The van der Waals surface area contributed by atoms with E-state index in [1.807, 2.05) is 0 Å². The first-order chi connectivity index (χ1) is 7.68. The molecule has 2 rings (SSSR count). The van der Waals surface area contributed by atoms with E-state index in [2.05, 4.69) is 4.98 Å². The first-order valence-corrected chi connectivity index (χ1v) is 4.68. The Morgan fingerprint density at radius 2 is 2.12 bits per heavy atom. The second kappa shape index (κ2) is 4.10. The summed E-state index contributed by atoms with van der Waals surface area (Å²) in [5, 5.41) is 0. The van der Waals surface area contributed by atoms with Crippen molar-refractivity contribution in [3.05, 3.63) is 54.1 Å². The lowest BCUT2D eigenvalue weighted by Crippen LogP contribution is -2.12. The zero-order valence-electron chi connectivity index (χ0n) is 8.35. The summed E-state index contributed by atoms with van der Waals surface area (Å²) in [5.41, 5.74) is 6.63. The van der Waals surface area contributed by atoms with Gasteiger partial charge in [0.05, 0.1) is 0 Å². The van der Waals surface area contributed by atoms with E-state index in [9.17, 15) is 9.18 Å². The number of halogens is 1. The Labute approximate surface area is 91.7 Å². The van der Waals surface area contributed by atoms with E-state index in [1.54, 1.807) is 24.5 Å². The normalized spacial score (nSPS) is 10.1. The standard InChI is InChI=1S/C12H9FN2O/c13-9-3-4-10(12(14)16)11(6-9)8-2-1-5-15-7-8/h1-7H,(H2,14,16). The molecule has 0 unspecified atom stereocenters. The van der Waals surface area contributed by atoms with Gasteiger partial charge in [0.15, 0.2) is 0 Å². The lowest BCUT2D eigenvalue weighted by atomic mass is 10.0. The van der Waals surface area contributed by atoms with E-state index in [0.717, 1.165) is 0 Å². The van der Waals surface area contributed by atoms with Crippen LogP contribution < -0.4 is 5.73 Å². The van der Waals surface area contributed by atoms with Gasteiger partial charge < -0.3 is 5.73 Å². The number of pyridine rings is 1. The van der Waals surface area contributed by atoms with E-state index >= 15 is 0 Å². The smallest absolute Gasteiger partial charge is 0.249 e. The molecule has 0 aliphatic heterocycles. The number of amides is 1. The molecule has 2 aromatic rings. The zero-order valence-corrected chi connectivity index (χ0v) is 8.35. The van der Waals surface area contributed by atoms with Crippen LogP contribution in [0.2, 0.25) is 0 Å². The molecule has 16 heavy (non-hydrogen) atoms. The Kier molecular flexibility index (Phi) is 2.64. The minimum atomic E-state index is -0.584. The molecule has 0 bridgehead atoms. The molecule has 0 aliphatic carbocycles. The van der Waals surface area contributed by atoms with Gasteiger partial charge in [-0.25, -0.2) is 4.39 Å². The van der Waals surface area contributed by atoms with Crippen molar-refractivity contribution in [1.82, 2.24) is 4.98 Å². The van der Waals surface area contributed by atoms with Crippen LogP contribution in [0.15, 0.2) is 42.7 Å². The van der Waals surface area contributed by atoms with Crippen LogP contribution >= 0.6 is 0 Å². The lowest BCUT2D eigenvalue weighted by molar-refractivity contribution is 0.100. The molecule has 0 aliphatic rings. The number of aromatic nitrogens is 1. The number of nitrogens with two attached hydrogens (primary N) is 1. The molecule has 0 radical (unpaired) electrons. The third-order valence-electron chi connectivity index (χ3n) is 2.22. The van der Waals surface area contributed by atoms with Gasteiger partial charge in [0.25, 0.3) is 0 Å². The fourth-order valence-corrected chi connectivity index (χ4v) is 1.49. The highest BCUT2D eigenvalue weighted by molar-refractivity contribution is 5.99. The summed E-state index contributed by atoms with van der Waals surface area (Å²) in [6.07, 6.45) is 3.16. The number of rotatable bonds is 2. The van der Waals surface area contributed by atoms with Gasteiger partial charge in [0.2, 0.25) is 5.91 Å². The van der Waals surface area contributed by atoms with Crippen LogP contribution in [0.3, 0.4) is 0 Å². The largest absolute Gasteiger partial charge is 0.366 e. The van der Waals surface area contributed by atoms with Gasteiger partial charge in [-0.05, 0) is 29.8 Å². The number of nitrogens with zero attached hydrogens (tertiary/aromatic N) is 1. The fraction of sp³-hybridized carbons (Fsp3) is 0. The average molecular weight is 216 g/mol. The van der Waals surface area contributed by atoms with Crippen molar-refractivity contribution < 1.29 is 9.18 Å². The predicted molar refractivity (Wildman–Crippen MR) is 58.1 cm³/mol. The Morgan fingerprint density at radius 3 is 2.75 bits per heavy atom. The summed E-state index contributed by atoms with van der Waals surface area (Å²) in [5.74, 6) is -0.997. The van der Waals surface area contributed by atoms with Crippen molar-refractivity contribution in [1.29, 1.82) is 0 Å². The van der Waals surface area contributed by atoms with E-state index < -0.39 is 11.7 Å². The molecular formula is C12H9FN2O. The number of hydrogen-bond donors (Lipinski definition) is 1. The van der Waals surface area contributed by atoms with Crippen LogP contribution in [-0.2, 0) is 0 Å². The van der Waals surface area contributed by atoms with Crippen molar-refractivity contribution >= 4 is 5.91 Å². The highest BCUT2D eigenvalue weighted by Gasteiger charge is 2.10. The molecule has 1 aromatic carbocycles. The van der Waals surface area contributed by atoms with E-state index in [0.29, 0.717) is 11.1 Å². The summed E-state index contributed by atoms with van der Waals surface area (Å²) in [7, 11) is 0. The summed E-state index contributed by atoms with van der Waals surface area (Å²) >= 11 is 0. The predicted octanol–water partition coefficient (Wildman–Crippen LogP) is 1.99. The summed E-state index contributed by atoms with van der Waals surface area (Å²) in [6.45, 7) is 0. The summed E-state index contributed by atoms with van der Waals surface area (Å²) < 4.78 is 13.1. The third kappa shape index (κ3) is 1.91. The second-order valence-electron chi connectivity index (χ2n) is 3.30. The molecule has 0 fully saturated rings. The Morgan fingerprint density at radius 1 is 1.31 bits per heavy atom. The van der Waals surface area contributed by atoms with Gasteiger partial charge >= 0.3 is 0 Å². The number of carbonyl (C=O) groups is 1. The van der Waals surface area contributed by atoms with Crippen LogP contribution in [0.4, 0.5) is 4.39 Å². The first kappa shape index (κ1) is 10.3. The lowest BCUT2D eigenvalue weighted by Gasteiger charge is -2.06. The van der Waals surface area contributed by atoms with Crippen molar-refractivity contribution in [3.63, 3.8) is 0 Å². The van der Waals surface area contributed by atoms with Gasteiger partial charge in [0, 0.05) is 23.5 Å². The molecular weight excluding hydrogens is 207 g/mol. The van der Waals surface area contributed by atoms with Gasteiger partial charge in [-0.15, -0.1) is 0 Å². The maximum absolute atomic E-state index is 13.1. The Balaban J connectivity index is 2.63. The van der Waals surface area contributed by atoms with Crippen LogP contribution in [0.1, 0.15) is 10.4 Å². The van der Waals surface area contributed by atoms with Crippen LogP contribution in [-0.4, -0.2) is 10.9 Å². The van der Waals surface area contributed by atoms with Gasteiger partial charge in [0.1, 0.15) is 5.82 Å². The van der Waals surface area contributed by atoms with Crippen molar-refractivity contribution in [2.24, 2.45) is 5.73 Å². The van der Waals surface area contributed by atoms with Gasteiger partial charge in [-0.3, -0.25) is 9.78 Å². The monoisotopic (exact) mass is 216 g/mol. The minimum Gasteiger partial charge on any atom is -0.366 e. The number of carbonyl (C=O) groups excluding carboxylic acids is 1. The van der Waals surface area contributed by atoms with Gasteiger partial charge in [-0.1, -0.05) is 6.07 Å². The zero-order chi connectivity index (χ0) is 11.5. The van der Waals surface area contributed by atoms with Crippen molar-refractivity contribution in [2.45, 2.75) is 0 Å². The molecule has 4 heteroatoms. The molecule has 2 N–H and O–H groups in total. The highest BCUT2D eigenvalue weighted by atomic mass is 19.1. The average Bonchev–Trinajstić information content (AvgIpc) is 2.29. The van der Waals surface area contributed by atoms with Crippen LogP contribution in [0.25, 0.3) is 11.1 Å². The van der Waals surface area contributed by atoms with Crippen LogP contribution in [0, 0.1) is 5.82 Å². The maximum Gasteiger partial charge on any atom is 0.249 e. The van der Waals surface area contributed by atoms with Crippen molar-refractivity contribution in [3.8, 4) is 11.1 Å². The third-order valence-corrected chi connectivity index (χ3v) is 2.22. The number of primary amides is 1. The number of hydrogen-bond acceptors (Lipinski definition) is 2. The highest BCUT2D eigenvalue weighted by Crippen LogP contribution is 2.23. The molecule has 3 nitrogen and oxygen atoms in total. The fourth-order valence-electron chi connectivity index (χ4n) is 1.49. The first-order valence-electron chi connectivity index (χ1n) is 4.68.